The van der Waals surface area contributed by atoms with Crippen LogP contribution in [0.15, 0.2) is 18.5 Å². The predicted octanol–water partition coefficient (Wildman–Crippen LogP) is 2.53. The number of hydrogen-bond donors (Lipinski definition) is 1. The Morgan fingerprint density at radius 3 is 2.65 bits per heavy atom. The average Bonchev–Trinajstić information content (AvgIpc) is 2.60. The van der Waals surface area contributed by atoms with Crippen molar-refractivity contribution in [2.24, 2.45) is 0 Å². The highest BCUT2D eigenvalue weighted by Gasteiger charge is 2.25. The Hall–Kier alpha value is -2.64. The van der Waals surface area contributed by atoms with Crippen LogP contribution in [0, 0.1) is 0 Å². The van der Waals surface area contributed by atoms with Crippen LogP contribution in [0.4, 0.5) is 10.6 Å². The van der Waals surface area contributed by atoms with Gasteiger partial charge in [0.2, 0.25) is 5.88 Å². The number of nitrogens with zero attached hydrogens (tertiary/aromatic N) is 4. The Morgan fingerprint density at radius 2 is 2.00 bits per heavy atom. The molecule has 1 fully saturated rings. The number of fused-ring (bicyclic) bond motifs is 1. The van der Waals surface area contributed by atoms with Gasteiger partial charge < -0.3 is 19.7 Å². The molecule has 3 heterocycles. The Kier molecular flexibility index (Phi) is 5.11. The van der Waals surface area contributed by atoms with Crippen molar-refractivity contribution in [3.63, 3.8) is 0 Å². The number of anilines is 1. The van der Waals surface area contributed by atoms with Gasteiger partial charge in [0.1, 0.15) is 11.1 Å². The number of carbonyl (C=O) groups excluding carboxylic acids is 1. The van der Waals surface area contributed by atoms with Gasteiger partial charge in [-0.2, -0.15) is 0 Å². The molecule has 0 bridgehead atoms. The summed E-state index contributed by atoms with van der Waals surface area (Å²) in [5.74, 6) is 1.26. The number of piperidine rings is 1. The van der Waals surface area contributed by atoms with E-state index < -0.39 is 5.60 Å². The maximum atomic E-state index is 11.9. The second kappa shape index (κ2) is 7.31. The molecule has 1 N–H and O–H groups in total. The van der Waals surface area contributed by atoms with Crippen molar-refractivity contribution >= 4 is 22.9 Å². The van der Waals surface area contributed by atoms with Gasteiger partial charge in [0.25, 0.3) is 0 Å². The Balaban J connectivity index is 1.67. The first-order valence-corrected chi connectivity index (χ1v) is 8.76. The monoisotopic (exact) mass is 359 g/mol. The minimum atomic E-state index is -0.491. The number of carbonyl (C=O) groups is 1. The maximum Gasteiger partial charge on any atom is 0.407 e. The standard InChI is InChI=1S/C18H25N5O3/c1-18(2,3)26-17(24)21-12-6-9-23(10-7-12)16-15-13(5-8-19-16)20-11-14(22-15)25-4/h5,8,11-12H,6-7,9-10H2,1-4H3,(H,21,24). The normalized spacial score (nSPS) is 15.8. The van der Waals surface area contributed by atoms with Crippen LogP contribution in [-0.4, -0.2) is 52.9 Å². The van der Waals surface area contributed by atoms with Crippen molar-refractivity contribution in [1.82, 2.24) is 20.3 Å². The van der Waals surface area contributed by atoms with Gasteiger partial charge in [-0.05, 0) is 39.7 Å². The first-order valence-electron chi connectivity index (χ1n) is 8.76. The lowest BCUT2D eigenvalue weighted by atomic mass is 10.1. The first-order chi connectivity index (χ1) is 12.4. The molecule has 2 aromatic rings. The highest BCUT2D eigenvalue weighted by molar-refractivity contribution is 5.85. The molecular weight excluding hydrogens is 334 g/mol. The third-order valence-electron chi connectivity index (χ3n) is 4.14. The van der Waals surface area contributed by atoms with Crippen molar-refractivity contribution in [2.75, 3.05) is 25.1 Å². The third-order valence-corrected chi connectivity index (χ3v) is 4.14. The van der Waals surface area contributed by atoms with Gasteiger partial charge in [0.15, 0.2) is 5.82 Å². The first kappa shape index (κ1) is 18.2. The number of aromatic nitrogens is 3. The van der Waals surface area contributed by atoms with Gasteiger partial charge in [-0.15, -0.1) is 0 Å². The van der Waals surface area contributed by atoms with E-state index in [2.05, 4.69) is 25.2 Å². The molecule has 1 saturated heterocycles. The largest absolute Gasteiger partial charge is 0.480 e. The predicted molar refractivity (Wildman–Crippen MR) is 98.5 cm³/mol. The number of nitrogens with one attached hydrogen (secondary N) is 1. The van der Waals surface area contributed by atoms with E-state index in [0.29, 0.717) is 5.88 Å². The van der Waals surface area contributed by atoms with Crippen LogP contribution < -0.4 is 15.0 Å². The van der Waals surface area contributed by atoms with Gasteiger partial charge in [-0.3, -0.25) is 0 Å². The molecule has 0 saturated carbocycles. The Morgan fingerprint density at radius 1 is 1.27 bits per heavy atom. The fraction of sp³-hybridized carbons (Fsp3) is 0.556. The second-order valence-electron chi connectivity index (χ2n) is 7.32. The summed E-state index contributed by atoms with van der Waals surface area (Å²) >= 11 is 0. The molecule has 8 nitrogen and oxygen atoms in total. The van der Waals surface area contributed by atoms with Crippen LogP contribution in [0.3, 0.4) is 0 Å². The van der Waals surface area contributed by atoms with Gasteiger partial charge in [-0.1, -0.05) is 0 Å². The van der Waals surface area contributed by atoms with E-state index in [1.165, 1.54) is 0 Å². The van der Waals surface area contributed by atoms with Gasteiger partial charge in [0, 0.05) is 25.3 Å². The average molecular weight is 359 g/mol. The summed E-state index contributed by atoms with van der Waals surface area (Å²) in [6.07, 6.45) is 4.60. The lowest BCUT2D eigenvalue weighted by Crippen LogP contribution is -2.46. The minimum absolute atomic E-state index is 0.0942. The smallest absolute Gasteiger partial charge is 0.407 e. The van der Waals surface area contributed by atoms with Crippen LogP contribution >= 0.6 is 0 Å². The van der Waals surface area contributed by atoms with E-state index in [0.717, 1.165) is 42.8 Å². The number of ether oxygens (including phenoxy) is 2. The topological polar surface area (TPSA) is 89.5 Å². The molecule has 0 radical (unpaired) electrons. The zero-order valence-corrected chi connectivity index (χ0v) is 15.7. The zero-order valence-electron chi connectivity index (χ0n) is 15.7. The maximum absolute atomic E-state index is 11.9. The third kappa shape index (κ3) is 4.30. The van der Waals surface area contributed by atoms with Gasteiger partial charge in [0.05, 0.1) is 18.8 Å². The minimum Gasteiger partial charge on any atom is -0.480 e. The molecule has 1 amide bonds. The van der Waals surface area contributed by atoms with E-state index in [-0.39, 0.29) is 12.1 Å². The highest BCUT2D eigenvalue weighted by atomic mass is 16.6. The van der Waals surface area contributed by atoms with Crippen molar-refractivity contribution in [3.05, 3.63) is 18.5 Å². The summed E-state index contributed by atoms with van der Waals surface area (Å²) in [5.41, 5.74) is 1.02. The molecule has 0 unspecified atom stereocenters. The molecule has 0 aromatic carbocycles. The Labute approximate surface area is 152 Å². The van der Waals surface area contributed by atoms with Crippen LogP contribution in [0.2, 0.25) is 0 Å². The number of rotatable bonds is 3. The zero-order chi connectivity index (χ0) is 18.7. The lowest BCUT2D eigenvalue weighted by molar-refractivity contribution is 0.0497. The fourth-order valence-electron chi connectivity index (χ4n) is 2.95. The molecule has 0 spiro atoms. The number of pyridine rings is 1. The van der Waals surface area contributed by atoms with E-state index >= 15 is 0 Å². The lowest BCUT2D eigenvalue weighted by Gasteiger charge is -2.33. The summed E-state index contributed by atoms with van der Waals surface area (Å²) in [6.45, 7) is 7.11. The second-order valence-corrected chi connectivity index (χ2v) is 7.32. The molecule has 8 heteroatoms. The quantitative estimate of drug-likeness (QED) is 0.900. The van der Waals surface area contributed by atoms with E-state index in [1.807, 2.05) is 26.8 Å². The van der Waals surface area contributed by atoms with Gasteiger partial charge in [-0.25, -0.2) is 19.7 Å². The number of alkyl carbamates (subject to hydrolysis) is 1. The molecule has 26 heavy (non-hydrogen) atoms. The summed E-state index contributed by atoms with van der Waals surface area (Å²) in [6, 6.07) is 1.93. The summed E-state index contributed by atoms with van der Waals surface area (Å²) in [5, 5.41) is 2.95. The van der Waals surface area contributed by atoms with Crippen LogP contribution in [0.25, 0.3) is 11.0 Å². The van der Waals surface area contributed by atoms with E-state index in [4.69, 9.17) is 9.47 Å². The summed E-state index contributed by atoms with van der Waals surface area (Å²) < 4.78 is 10.5. The van der Waals surface area contributed by atoms with Crippen LogP contribution in [-0.2, 0) is 4.74 Å². The number of hydrogen-bond acceptors (Lipinski definition) is 7. The van der Waals surface area contributed by atoms with Gasteiger partial charge >= 0.3 is 6.09 Å². The molecule has 0 aliphatic carbocycles. The van der Waals surface area contributed by atoms with Crippen molar-refractivity contribution < 1.29 is 14.3 Å². The molecule has 3 rings (SSSR count). The molecule has 1 aliphatic heterocycles. The molecule has 2 aromatic heterocycles. The van der Waals surface area contributed by atoms with E-state index in [9.17, 15) is 4.79 Å². The molecule has 140 valence electrons. The summed E-state index contributed by atoms with van der Waals surface area (Å²) in [4.78, 5) is 27.5. The van der Waals surface area contributed by atoms with Crippen molar-refractivity contribution in [2.45, 2.75) is 45.3 Å². The van der Waals surface area contributed by atoms with Crippen molar-refractivity contribution in [1.29, 1.82) is 0 Å². The van der Waals surface area contributed by atoms with E-state index in [1.54, 1.807) is 19.5 Å². The van der Waals surface area contributed by atoms with Crippen LogP contribution in [0.1, 0.15) is 33.6 Å². The molecule has 1 aliphatic rings. The van der Waals surface area contributed by atoms with Crippen LogP contribution in [0.5, 0.6) is 5.88 Å². The SMILES string of the molecule is COc1cnc2ccnc(N3CCC(NC(=O)OC(C)(C)C)CC3)c2n1. The van der Waals surface area contributed by atoms with Crippen molar-refractivity contribution in [3.8, 4) is 5.88 Å². The molecular formula is C18H25N5O3. The Bertz CT molecular complexity index is 782. The highest BCUT2D eigenvalue weighted by Crippen LogP contribution is 2.26. The fourth-order valence-corrected chi connectivity index (χ4v) is 2.95. The number of amides is 1. The summed E-state index contributed by atoms with van der Waals surface area (Å²) in [7, 11) is 1.57. The number of methoxy groups -OCH3 is 1. The molecule has 0 atom stereocenters.